The van der Waals surface area contributed by atoms with E-state index in [9.17, 15) is 0 Å². The Labute approximate surface area is 121 Å². The van der Waals surface area contributed by atoms with Crippen molar-refractivity contribution in [3.05, 3.63) is 21.9 Å². The normalized spacial score (nSPS) is 19.5. The summed E-state index contributed by atoms with van der Waals surface area (Å²) in [7, 11) is 0. The zero-order chi connectivity index (χ0) is 13.7. The van der Waals surface area contributed by atoms with Gasteiger partial charge in [-0.2, -0.15) is 0 Å². The molecule has 2 nitrogen and oxygen atoms in total. The van der Waals surface area contributed by atoms with Gasteiger partial charge in [-0.15, -0.1) is 11.3 Å². The van der Waals surface area contributed by atoms with Crippen molar-refractivity contribution < 1.29 is 0 Å². The Morgan fingerprint density at radius 2 is 2.16 bits per heavy atom. The maximum atomic E-state index is 5.40. The largest absolute Gasteiger partial charge is 0.320 e. The van der Waals surface area contributed by atoms with Crippen LogP contribution in [0, 0.1) is 17.3 Å². The van der Waals surface area contributed by atoms with Gasteiger partial charge in [-0.3, -0.25) is 4.90 Å². The average Bonchev–Trinajstić information content (AvgIpc) is 2.73. The summed E-state index contributed by atoms with van der Waals surface area (Å²) in [5.74, 6) is 6.03. The second kappa shape index (κ2) is 6.56. The first kappa shape index (κ1) is 14.6. The van der Waals surface area contributed by atoms with Crippen LogP contribution in [0.1, 0.15) is 42.9 Å². The molecule has 3 heteroatoms. The predicted octanol–water partition coefficient (Wildman–Crippen LogP) is 3.07. The standard InChI is InChI=1S/C16H24N2S/c1-16(2)8-4-11-18(12-9-16)13-15-7-6-14(19-15)5-3-10-17/h6-7H,4,8-13,17H2,1-2H3. The molecule has 0 bridgehead atoms. The van der Waals surface area contributed by atoms with E-state index in [-0.39, 0.29) is 0 Å². The smallest absolute Gasteiger partial charge is 0.0772 e. The van der Waals surface area contributed by atoms with Gasteiger partial charge in [-0.05, 0) is 49.9 Å². The molecular weight excluding hydrogens is 252 g/mol. The lowest BCUT2D eigenvalue weighted by atomic mass is 9.85. The lowest BCUT2D eigenvalue weighted by Crippen LogP contribution is -2.24. The minimum Gasteiger partial charge on any atom is -0.320 e. The van der Waals surface area contributed by atoms with E-state index in [1.807, 2.05) is 0 Å². The van der Waals surface area contributed by atoms with Gasteiger partial charge in [-0.1, -0.05) is 25.7 Å². The van der Waals surface area contributed by atoms with E-state index in [1.165, 1.54) is 37.2 Å². The summed E-state index contributed by atoms with van der Waals surface area (Å²) >= 11 is 1.80. The second-order valence-corrected chi connectivity index (χ2v) is 7.23. The summed E-state index contributed by atoms with van der Waals surface area (Å²) in [4.78, 5) is 5.14. The SMILES string of the molecule is CC1(C)CCCN(Cc2ccc(C#CCN)s2)CC1. The van der Waals surface area contributed by atoms with E-state index >= 15 is 0 Å². The first-order chi connectivity index (χ1) is 9.09. The second-order valence-electron chi connectivity index (χ2n) is 6.07. The van der Waals surface area contributed by atoms with E-state index in [0.29, 0.717) is 12.0 Å². The highest BCUT2D eigenvalue weighted by molar-refractivity contribution is 7.12. The fourth-order valence-electron chi connectivity index (χ4n) is 2.53. The Balaban J connectivity index is 1.92. The fraction of sp³-hybridized carbons (Fsp3) is 0.625. The van der Waals surface area contributed by atoms with Crippen LogP contribution in [0.2, 0.25) is 0 Å². The van der Waals surface area contributed by atoms with Gasteiger partial charge in [-0.25, -0.2) is 0 Å². The van der Waals surface area contributed by atoms with Crippen LogP contribution in [0.4, 0.5) is 0 Å². The monoisotopic (exact) mass is 276 g/mol. The van der Waals surface area contributed by atoms with Crippen molar-refractivity contribution in [1.29, 1.82) is 0 Å². The van der Waals surface area contributed by atoms with E-state index in [2.05, 4.69) is 42.7 Å². The molecule has 1 fully saturated rings. The highest BCUT2D eigenvalue weighted by Gasteiger charge is 2.23. The average molecular weight is 276 g/mol. The number of nitrogens with zero attached hydrogens (tertiary/aromatic N) is 1. The van der Waals surface area contributed by atoms with Crippen molar-refractivity contribution in [2.45, 2.75) is 39.7 Å². The van der Waals surface area contributed by atoms with Crippen LogP contribution in [0.3, 0.4) is 0 Å². The molecule has 19 heavy (non-hydrogen) atoms. The third kappa shape index (κ3) is 4.65. The first-order valence-electron chi connectivity index (χ1n) is 7.09. The molecule has 0 atom stereocenters. The summed E-state index contributed by atoms with van der Waals surface area (Å²) in [5, 5.41) is 0. The topological polar surface area (TPSA) is 29.3 Å². The molecule has 1 aliphatic heterocycles. The van der Waals surface area contributed by atoms with Crippen LogP contribution in [-0.2, 0) is 6.54 Å². The lowest BCUT2D eigenvalue weighted by Gasteiger charge is -2.22. The molecule has 0 radical (unpaired) electrons. The summed E-state index contributed by atoms with van der Waals surface area (Å²) in [6, 6.07) is 4.33. The van der Waals surface area contributed by atoms with Crippen LogP contribution < -0.4 is 5.73 Å². The van der Waals surface area contributed by atoms with E-state index in [1.54, 1.807) is 11.3 Å². The summed E-state index contributed by atoms with van der Waals surface area (Å²) in [6.07, 6.45) is 3.97. The Morgan fingerprint density at radius 1 is 1.32 bits per heavy atom. The fourth-order valence-corrected chi connectivity index (χ4v) is 3.45. The highest BCUT2D eigenvalue weighted by atomic mass is 32.1. The maximum Gasteiger partial charge on any atom is 0.0772 e. The summed E-state index contributed by atoms with van der Waals surface area (Å²) in [5.41, 5.74) is 5.91. The highest BCUT2D eigenvalue weighted by Crippen LogP contribution is 2.30. The van der Waals surface area contributed by atoms with Crippen molar-refractivity contribution in [2.24, 2.45) is 11.1 Å². The number of rotatable bonds is 2. The number of hydrogen-bond acceptors (Lipinski definition) is 3. The minimum absolute atomic E-state index is 0.439. The Hall–Kier alpha value is -0.820. The third-order valence-corrected chi connectivity index (χ3v) is 4.77. The molecule has 1 aliphatic rings. The first-order valence-corrected chi connectivity index (χ1v) is 7.91. The van der Waals surface area contributed by atoms with Crippen LogP contribution in [0.25, 0.3) is 0 Å². The van der Waals surface area contributed by atoms with Gasteiger partial charge < -0.3 is 5.73 Å². The zero-order valence-corrected chi connectivity index (χ0v) is 12.9. The molecule has 1 aromatic heterocycles. The predicted molar refractivity (Wildman–Crippen MR) is 83.2 cm³/mol. The quantitative estimate of drug-likeness (QED) is 0.841. The number of hydrogen-bond donors (Lipinski definition) is 1. The number of nitrogens with two attached hydrogens (primary N) is 1. The summed E-state index contributed by atoms with van der Waals surface area (Å²) < 4.78 is 0. The van der Waals surface area contributed by atoms with Crippen molar-refractivity contribution in [3.63, 3.8) is 0 Å². The third-order valence-electron chi connectivity index (χ3n) is 3.79. The van der Waals surface area contributed by atoms with Gasteiger partial charge in [0.15, 0.2) is 0 Å². The molecular formula is C16H24N2S. The number of thiophene rings is 1. The van der Waals surface area contributed by atoms with Crippen molar-refractivity contribution in [3.8, 4) is 11.8 Å². The van der Waals surface area contributed by atoms with Gasteiger partial charge in [0.25, 0.3) is 0 Å². The molecule has 0 amide bonds. The molecule has 0 aliphatic carbocycles. The molecule has 104 valence electrons. The van der Waals surface area contributed by atoms with Crippen molar-refractivity contribution in [1.82, 2.24) is 4.90 Å². The molecule has 0 unspecified atom stereocenters. The number of likely N-dealkylation sites (tertiary alicyclic amines) is 1. The van der Waals surface area contributed by atoms with Gasteiger partial charge in [0.05, 0.1) is 11.4 Å². The van der Waals surface area contributed by atoms with E-state index < -0.39 is 0 Å². The van der Waals surface area contributed by atoms with Gasteiger partial charge in [0.1, 0.15) is 0 Å². The Bertz CT molecular complexity index is 465. The molecule has 1 aromatic rings. The molecule has 0 saturated carbocycles. The van der Waals surface area contributed by atoms with E-state index in [4.69, 9.17) is 5.73 Å². The van der Waals surface area contributed by atoms with E-state index in [0.717, 1.165) is 11.4 Å². The van der Waals surface area contributed by atoms with Crippen LogP contribution in [0.15, 0.2) is 12.1 Å². The molecule has 1 saturated heterocycles. The Kier molecular flexibility index (Phi) is 5.04. The van der Waals surface area contributed by atoms with Crippen molar-refractivity contribution in [2.75, 3.05) is 19.6 Å². The molecule has 2 rings (SSSR count). The van der Waals surface area contributed by atoms with Crippen LogP contribution >= 0.6 is 11.3 Å². The van der Waals surface area contributed by atoms with Crippen LogP contribution in [0.5, 0.6) is 0 Å². The maximum absolute atomic E-state index is 5.40. The summed E-state index contributed by atoms with van der Waals surface area (Å²) in [6.45, 7) is 8.74. The van der Waals surface area contributed by atoms with Gasteiger partial charge in [0.2, 0.25) is 0 Å². The van der Waals surface area contributed by atoms with Gasteiger partial charge >= 0.3 is 0 Å². The van der Waals surface area contributed by atoms with Crippen LogP contribution in [-0.4, -0.2) is 24.5 Å². The molecule has 2 N–H and O–H groups in total. The lowest BCUT2D eigenvalue weighted by molar-refractivity contribution is 0.257. The molecule has 2 heterocycles. The van der Waals surface area contributed by atoms with Crippen molar-refractivity contribution >= 4 is 11.3 Å². The molecule has 0 aromatic carbocycles. The van der Waals surface area contributed by atoms with Gasteiger partial charge in [0, 0.05) is 11.4 Å². The molecule has 0 spiro atoms. The Morgan fingerprint density at radius 3 is 2.95 bits per heavy atom. The minimum atomic E-state index is 0.439. The zero-order valence-electron chi connectivity index (χ0n) is 12.0.